The number of nitrogens with one attached hydrogen (secondary N) is 1. The van der Waals surface area contributed by atoms with E-state index in [0.29, 0.717) is 11.4 Å². The van der Waals surface area contributed by atoms with Crippen LogP contribution in [0.3, 0.4) is 0 Å². The van der Waals surface area contributed by atoms with E-state index < -0.39 is 0 Å². The SMILES string of the molecule is C/C(=C/OO)NN.Cc1ccc(O)c(C)c1.O. The lowest BCUT2D eigenvalue weighted by molar-refractivity contribution is -0.187. The minimum Gasteiger partial charge on any atom is -0.508 e. The zero-order chi connectivity index (χ0) is 12.6. The van der Waals surface area contributed by atoms with E-state index in [2.05, 4.69) is 10.3 Å². The Kier molecular flexibility index (Phi) is 9.82. The maximum atomic E-state index is 9.04. The standard InChI is InChI=1S/C8H10O.C3H8N2O2.H2O/c1-6-3-4-8(9)7(2)5-6;1-3(5-4)2-7-6;/h3-5,9H,1-2H3;2,5-6H,4H2,1H3;1H2/b;3-2-;. The number of allylic oxidation sites excluding steroid dienone is 1. The molecule has 0 unspecified atom stereocenters. The van der Waals surface area contributed by atoms with Crippen LogP contribution in [0.4, 0.5) is 0 Å². The fraction of sp³-hybridized carbons (Fsp3) is 0.273. The summed E-state index contributed by atoms with van der Waals surface area (Å²) in [5.41, 5.74) is 4.93. The molecule has 6 heteroatoms. The number of rotatable bonds is 2. The summed E-state index contributed by atoms with van der Waals surface area (Å²) in [6.45, 7) is 5.55. The highest BCUT2D eigenvalue weighted by Gasteiger charge is 1.91. The highest BCUT2D eigenvalue weighted by Crippen LogP contribution is 2.15. The molecule has 0 aliphatic rings. The largest absolute Gasteiger partial charge is 0.508 e. The molecule has 0 spiro atoms. The van der Waals surface area contributed by atoms with E-state index in [1.165, 1.54) is 5.56 Å². The maximum Gasteiger partial charge on any atom is 0.149 e. The average molecular weight is 244 g/mol. The van der Waals surface area contributed by atoms with Crippen LogP contribution in [0.2, 0.25) is 0 Å². The first-order chi connectivity index (χ1) is 7.51. The molecule has 0 atom stereocenters. The molecule has 6 nitrogen and oxygen atoms in total. The Bertz CT molecular complexity index is 353. The van der Waals surface area contributed by atoms with E-state index in [1.54, 1.807) is 13.0 Å². The minimum atomic E-state index is 0. The van der Waals surface area contributed by atoms with Crippen molar-refractivity contribution < 1.29 is 20.7 Å². The molecule has 17 heavy (non-hydrogen) atoms. The van der Waals surface area contributed by atoms with E-state index in [4.69, 9.17) is 16.2 Å². The van der Waals surface area contributed by atoms with Gasteiger partial charge in [-0.2, -0.15) is 0 Å². The van der Waals surface area contributed by atoms with Crippen molar-refractivity contribution in [3.8, 4) is 5.75 Å². The van der Waals surface area contributed by atoms with Gasteiger partial charge in [-0.05, 0) is 32.4 Å². The summed E-state index contributed by atoms with van der Waals surface area (Å²) < 4.78 is 0. The van der Waals surface area contributed by atoms with Crippen LogP contribution >= 0.6 is 0 Å². The van der Waals surface area contributed by atoms with Gasteiger partial charge in [0.05, 0.1) is 5.70 Å². The Balaban J connectivity index is 0. The Morgan fingerprint density at radius 3 is 2.29 bits per heavy atom. The Morgan fingerprint density at radius 2 is 2.00 bits per heavy atom. The van der Waals surface area contributed by atoms with Crippen LogP contribution in [0.5, 0.6) is 5.75 Å². The smallest absolute Gasteiger partial charge is 0.149 e. The van der Waals surface area contributed by atoms with E-state index in [0.717, 1.165) is 11.8 Å². The minimum absolute atomic E-state index is 0. The lowest BCUT2D eigenvalue weighted by Crippen LogP contribution is -2.18. The molecule has 98 valence electrons. The number of aryl methyl sites for hydroxylation is 2. The van der Waals surface area contributed by atoms with Crippen LogP contribution in [0.15, 0.2) is 30.2 Å². The second kappa shape index (κ2) is 9.46. The Labute approximate surface area is 101 Å². The first kappa shape index (κ1) is 17.6. The molecule has 1 aromatic carbocycles. The van der Waals surface area contributed by atoms with Crippen LogP contribution in [0.1, 0.15) is 18.1 Å². The molecule has 0 aliphatic heterocycles. The quantitative estimate of drug-likeness (QED) is 0.267. The molecule has 0 heterocycles. The van der Waals surface area contributed by atoms with Crippen LogP contribution in [0.25, 0.3) is 0 Å². The van der Waals surface area contributed by atoms with Gasteiger partial charge >= 0.3 is 0 Å². The summed E-state index contributed by atoms with van der Waals surface area (Å²) >= 11 is 0. The predicted octanol–water partition coefficient (Wildman–Crippen LogP) is 0.985. The molecule has 0 fully saturated rings. The van der Waals surface area contributed by atoms with Gasteiger partial charge in [0.1, 0.15) is 12.0 Å². The zero-order valence-electron chi connectivity index (χ0n) is 10.2. The van der Waals surface area contributed by atoms with Gasteiger partial charge in [0, 0.05) is 0 Å². The first-order valence-electron chi connectivity index (χ1n) is 4.71. The summed E-state index contributed by atoms with van der Waals surface area (Å²) in [5, 5.41) is 16.7. The number of benzene rings is 1. The summed E-state index contributed by atoms with van der Waals surface area (Å²) in [4.78, 5) is 3.59. The average Bonchev–Trinajstić information content (AvgIpc) is 2.25. The van der Waals surface area contributed by atoms with Crippen molar-refractivity contribution in [2.24, 2.45) is 5.84 Å². The summed E-state index contributed by atoms with van der Waals surface area (Å²) in [7, 11) is 0. The van der Waals surface area contributed by atoms with E-state index in [9.17, 15) is 0 Å². The van der Waals surface area contributed by atoms with Crippen molar-refractivity contribution in [1.29, 1.82) is 0 Å². The van der Waals surface area contributed by atoms with Gasteiger partial charge in [-0.25, -0.2) is 5.26 Å². The number of aromatic hydroxyl groups is 1. The van der Waals surface area contributed by atoms with Crippen LogP contribution < -0.4 is 11.3 Å². The van der Waals surface area contributed by atoms with Gasteiger partial charge in [0.15, 0.2) is 0 Å². The highest BCUT2D eigenvalue weighted by atomic mass is 17.1. The molecule has 0 aliphatic carbocycles. The van der Waals surface area contributed by atoms with Gasteiger partial charge < -0.3 is 20.9 Å². The van der Waals surface area contributed by atoms with Crippen molar-refractivity contribution in [2.45, 2.75) is 20.8 Å². The van der Waals surface area contributed by atoms with Crippen LogP contribution in [-0.2, 0) is 4.89 Å². The van der Waals surface area contributed by atoms with Gasteiger partial charge in [-0.3, -0.25) is 5.84 Å². The number of nitrogens with two attached hydrogens (primary N) is 1. The Morgan fingerprint density at radius 1 is 1.41 bits per heavy atom. The number of hydrogen-bond acceptors (Lipinski definition) is 5. The molecule has 7 N–H and O–H groups in total. The monoisotopic (exact) mass is 244 g/mol. The van der Waals surface area contributed by atoms with Gasteiger partial charge in [-0.1, -0.05) is 17.7 Å². The van der Waals surface area contributed by atoms with E-state index in [1.807, 2.05) is 26.0 Å². The molecular weight excluding hydrogens is 224 g/mol. The second-order valence-electron chi connectivity index (χ2n) is 3.34. The van der Waals surface area contributed by atoms with Gasteiger partial charge in [0.25, 0.3) is 0 Å². The summed E-state index contributed by atoms with van der Waals surface area (Å²) in [6, 6.07) is 5.56. The third kappa shape index (κ3) is 8.09. The normalized spacial score (nSPS) is 9.59. The van der Waals surface area contributed by atoms with Crippen LogP contribution in [-0.4, -0.2) is 15.8 Å². The van der Waals surface area contributed by atoms with Crippen molar-refractivity contribution in [3.63, 3.8) is 0 Å². The molecule has 1 aromatic rings. The fourth-order valence-electron chi connectivity index (χ4n) is 0.918. The lowest BCUT2D eigenvalue weighted by Gasteiger charge is -1.97. The molecular formula is C11H20N2O4. The number of hydrogen-bond donors (Lipinski definition) is 4. The lowest BCUT2D eigenvalue weighted by atomic mass is 10.1. The topological polar surface area (TPSA) is 119 Å². The fourth-order valence-corrected chi connectivity index (χ4v) is 0.918. The van der Waals surface area contributed by atoms with E-state index in [-0.39, 0.29) is 5.48 Å². The van der Waals surface area contributed by atoms with Gasteiger partial charge in [0.2, 0.25) is 0 Å². The Hall–Kier alpha value is -1.76. The number of phenolic OH excluding ortho intramolecular Hbond substituents is 1. The third-order valence-electron chi connectivity index (χ3n) is 1.81. The predicted molar refractivity (Wildman–Crippen MR) is 66.0 cm³/mol. The summed E-state index contributed by atoms with van der Waals surface area (Å²) in [6.07, 6.45) is 1.08. The number of phenols is 1. The van der Waals surface area contributed by atoms with Crippen molar-refractivity contribution in [3.05, 3.63) is 41.3 Å². The van der Waals surface area contributed by atoms with Crippen molar-refractivity contribution in [1.82, 2.24) is 5.43 Å². The molecule has 0 amide bonds. The zero-order valence-corrected chi connectivity index (χ0v) is 10.2. The highest BCUT2D eigenvalue weighted by molar-refractivity contribution is 5.34. The van der Waals surface area contributed by atoms with Crippen molar-refractivity contribution in [2.75, 3.05) is 0 Å². The molecule has 1 rings (SSSR count). The summed E-state index contributed by atoms with van der Waals surface area (Å²) in [5.74, 6) is 5.22. The molecule has 0 radical (unpaired) electrons. The van der Waals surface area contributed by atoms with Crippen LogP contribution in [0, 0.1) is 13.8 Å². The number of hydrazine groups is 1. The molecule has 0 bridgehead atoms. The third-order valence-corrected chi connectivity index (χ3v) is 1.81. The first-order valence-corrected chi connectivity index (χ1v) is 4.71. The van der Waals surface area contributed by atoms with E-state index >= 15 is 0 Å². The molecule has 0 saturated carbocycles. The van der Waals surface area contributed by atoms with Gasteiger partial charge in [-0.15, -0.1) is 0 Å². The van der Waals surface area contributed by atoms with Crippen molar-refractivity contribution >= 4 is 0 Å². The second-order valence-corrected chi connectivity index (χ2v) is 3.34. The molecule has 0 saturated heterocycles. The maximum absolute atomic E-state index is 9.04. The molecule has 0 aromatic heterocycles.